The summed E-state index contributed by atoms with van der Waals surface area (Å²) >= 11 is 0. The molecule has 5 rings (SSSR count). The number of rotatable bonds is 5. The molecule has 0 bridgehead atoms. The Bertz CT molecular complexity index is 887. The molecule has 29 heavy (non-hydrogen) atoms. The van der Waals surface area contributed by atoms with E-state index >= 15 is 0 Å². The van der Waals surface area contributed by atoms with Crippen molar-refractivity contribution in [1.82, 2.24) is 19.8 Å². The maximum atomic E-state index is 12.7. The zero-order valence-electron chi connectivity index (χ0n) is 16.8. The molecular weight excluding hydrogens is 360 g/mol. The van der Waals surface area contributed by atoms with E-state index in [1.165, 1.54) is 49.2 Å². The Morgan fingerprint density at radius 3 is 2.66 bits per heavy atom. The van der Waals surface area contributed by atoms with Gasteiger partial charge in [-0.05, 0) is 61.4 Å². The van der Waals surface area contributed by atoms with E-state index < -0.39 is 0 Å². The monoisotopic (exact) mass is 388 g/mol. The van der Waals surface area contributed by atoms with Crippen LogP contribution in [-0.4, -0.2) is 58.4 Å². The molecule has 1 aromatic heterocycles. The second-order valence-corrected chi connectivity index (χ2v) is 8.56. The molecule has 2 atom stereocenters. The van der Waals surface area contributed by atoms with Crippen molar-refractivity contribution >= 4 is 11.5 Å². The van der Waals surface area contributed by atoms with Gasteiger partial charge in [-0.15, -0.1) is 0 Å². The van der Waals surface area contributed by atoms with Crippen molar-refractivity contribution in [2.45, 2.75) is 25.7 Å². The van der Waals surface area contributed by atoms with Crippen molar-refractivity contribution in [3.05, 3.63) is 65.8 Å². The number of hydrogen-bond acceptors (Lipinski definition) is 4. The molecule has 0 radical (unpaired) electrons. The lowest BCUT2D eigenvalue weighted by molar-refractivity contribution is 0.0779. The fourth-order valence-corrected chi connectivity index (χ4v) is 5.12. The van der Waals surface area contributed by atoms with Gasteiger partial charge in [0.2, 0.25) is 0 Å². The summed E-state index contributed by atoms with van der Waals surface area (Å²) in [5, 5.41) is 0. The summed E-state index contributed by atoms with van der Waals surface area (Å²) < 4.78 is 0. The second-order valence-electron chi connectivity index (χ2n) is 8.56. The molecule has 0 N–H and O–H groups in total. The molecule has 5 heteroatoms. The van der Waals surface area contributed by atoms with Gasteiger partial charge in [-0.25, -0.2) is 4.98 Å². The first-order valence-corrected chi connectivity index (χ1v) is 10.8. The smallest absolute Gasteiger partial charge is 0.274 e. The highest BCUT2D eigenvalue weighted by atomic mass is 16.2. The van der Waals surface area contributed by atoms with Crippen molar-refractivity contribution in [3.63, 3.8) is 0 Å². The Balaban J connectivity index is 1.22. The van der Waals surface area contributed by atoms with E-state index in [0.717, 1.165) is 25.9 Å². The predicted octanol–water partition coefficient (Wildman–Crippen LogP) is 3.29. The highest BCUT2D eigenvalue weighted by Gasteiger charge is 2.40. The van der Waals surface area contributed by atoms with Crippen molar-refractivity contribution in [3.8, 4) is 0 Å². The quantitative estimate of drug-likeness (QED) is 0.789. The first kappa shape index (κ1) is 18.5. The van der Waals surface area contributed by atoms with Gasteiger partial charge >= 0.3 is 0 Å². The Hall–Kier alpha value is -2.53. The number of amides is 1. The van der Waals surface area contributed by atoms with Gasteiger partial charge < -0.3 is 9.80 Å². The van der Waals surface area contributed by atoms with E-state index in [4.69, 9.17) is 0 Å². The molecule has 150 valence electrons. The summed E-state index contributed by atoms with van der Waals surface area (Å²) in [6.45, 7) is 5.29. The summed E-state index contributed by atoms with van der Waals surface area (Å²) in [5.74, 6) is 0.968. The second kappa shape index (κ2) is 8.07. The van der Waals surface area contributed by atoms with Gasteiger partial charge in [-0.1, -0.05) is 30.3 Å². The molecule has 0 unspecified atom stereocenters. The van der Waals surface area contributed by atoms with Crippen molar-refractivity contribution < 1.29 is 4.79 Å². The molecular formula is C24H28N4O. The van der Waals surface area contributed by atoms with E-state index in [1.54, 1.807) is 18.6 Å². The van der Waals surface area contributed by atoms with Crippen LogP contribution in [0, 0.1) is 11.8 Å². The van der Waals surface area contributed by atoms with Crippen LogP contribution in [0.4, 0.5) is 0 Å². The molecule has 1 aromatic carbocycles. The topological polar surface area (TPSA) is 49.3 Å². The average Bonchev–Trinajstić information content (AvgIpc) is 3.50. The fraction of sp³-hybridized carbons (Fsp3) is 0.458. The van der Waals surface area contributed by atoms with E-state index in [2.05, 4.69) is 45.2 Å². The minimum absolute atomic E-state index is 0.00381. The lowest BCUT2D eigenvalue weighted by atomic mass is 9.90. The number of benzene rings is 1. The predicted molar refractivity (Wildman–Crippen MR) is 113 cm³/mol. The highest BCUT2D eigenvalue weighted by molar-refractivity contribution is 5.92. The van der Waals surface area contributed by atoms with Crippen molar-refractivity contribution in [1.29, 1.82) is 0 Å². The van der Waals surface area contributed by atoms with Crippen molar-refractivity contribution in [2.24, 2.45) is 11.8 Å². The number of aromatic nitrogens is 2. The van der Waals surface area contributed by atoms with Crippen LogP contribution in [0.25, 0.3) is 5.57 Å². The van der Waals surface area contributed by atoms with Crippen LogP contribution in [0.5, 0.6) is 0 Å². The molecule has 1 aliphatic carbocycles. The number of carbonyl (C=O) groups excluding carboxylic acids is 1. The number of allylic oxidation sites excluding steroid dienone is 1. The van der Waals surface area contributed by atoms with E-state index in [1.807, 2.05) is 4.90 Å². The lowest BCUT2D eigenvalue weighted by Gasteiger charge is -2.18. The number of hydrogen-bond donors (Lipinski definition) is 0. The molecule has 2 saturated heterocycles. The van der Waals surface area contributed by atoms with Crippen LogP contribution >= 0.6 is 0 Å². The van der Waals surface area contributed by atoms with Crippen LogP contribution in [0.2, 0.25) is 0 Å². The van der Waals surface area contributed by atoms with Crippen LogP contribution < -0.4 is 0 Å². The molecule has 2 fully saturated rings. The molecule has 5 nitrogen and oxygen atoms in total. The van der Waals surface area contributed by atoms with Crippen LogP contribution in [0.1, 0.15) is 40.9 Å². The third kappa shape index (κ3) is 3.84. The average molecular weight is 389 g/mol. The molecule has 3 aliphatic rings. The molecule has 0 spiro atoms. The van der Waals surface area contributed by atoms with Gasteiger partial charge in [0.1, 0.15) is 5.69 Å². The standard InChI is InChI=1S/C24H28N4O/c29-24(23-15-25-10-11-26-23)28-16-20-7-8-21(22(20)17-28)19-5-3-18(4-6-19)9-14-27-12-1-2-13-27/h3-6,8,10-11,15,20,22H,1-2,7,9,12-14,16-17H2/t20-,22+/m1/s1. The van der Waals surface area contributed by atoms with Gasteiger partial charge in [0, 0.05) is 37.9 Å². The summed E-state index contributed by atoms with van der Waals surface area (Å²) in [7, 11) is 0. The summed E-state index contributed by atoms with van der Waals surface area (Å²) in [6.07, 6.45) is 12.0. The third-order valence-corrected chi connectivity index (χ3v) is 6.75. The first-order chi connectivity index (χ1) is 14.3. The Morgan fingerprint density at radius 2 is 1.90 bits per heavy atom. The lowest BCUT2D eigenvalue weighted by Crippen LogP contribution is -2.30. The number of likely N-dealkylation sites (tertiary alicyclic amines) is 2. The summed E-state index contributed by atoms with van der Waals surface area (Å²) in [4.78, 5) is 25.5. The summed E-state index contributed by atoms with van der Waals surface area (Å²) in [6, 6.07) is 9.13. The van der Waals surface area contributed by atoms with E-state index in [9.17, 15) is 4.79 Å². The number of fused-ring (bicyclic) bond motifs is 1. The van der Waals surface area contributed by atoms with E-state index in [0.29, 0.717) is 17.5 Å². The van der Waals surface area contributed by atoms with Gasteiger partial charge in [0.05, 0.1) is 6.20 Å². The van der Waals surface area contributed by atoms with Gasteiger partial charge in [0.15, 0.2) is 0 Å². The maximum Gasteiger partial charge on any atom is 0.274 e. The molecule has 0 saturated carbocycles. The molecule has 3 heterocycles. The normalized spacial score (nSPS) is 24.0. The van der Waals surface area contributed by atoms with Crippen LogP contribution in [0.15, 0.2) is 48.9 Å². The fourth-order valence-electron chi connectivity index (χ4n) is 5.12. The van der Waals surface area contributed by atoms with E-state index in [-0.39, 0.29) is 5.91 Å². The third-order valence-electron chi connectivity index (χ3n) is 6.75. The van der Waals surface area contributed by atoms with Gasteiger partial charge in [-0.3, -0.25) is 9.78 Å². The van der Waals surface area contributed by atoms with Gasteiger partial charge in [-0.2, -0.15) is 0 Å². The minimum atomic E-state index is 0.00381. The first-order valence-electron chi connectivity index (χ1n) is 10.8. The number of nitrogens with zero attached hydrogens (tertiary/aromatic N) is 4. The Kier molecular flexibility index (Phi) is 5.15. The zero-order valence-corrected chi connectivity index (χ0v) is 16.8. The summed E-state index contributed by atoms with van der Waals surface area (Å²) in [5.41, 5.74) is 4.59. The van der Waals surface area contributed by atoms with Crippen LogP contribution in [0.3, 0.4) is 0 Å². The zero-order chi connectivity index (χ0) is 19.6. The Labute approximate surface area is 172 Å². The molecule has 2 aliphatic heterocycles. The van der Waals surface area contributed by atoms with Crippen molar-refractivity contribution in [2.75, 3.05) is 32.7 Å². The maximum absolute atomic E-state index is 12.7. The van der Waals surface area contributed by atoms with Crippen LogP contribution in [-0.2, 0) is 6.42 Å². The highest BCUT2D eigenvalue weighted by Crippen LogP contribution is 2.43. The molecule has 1 amide bonds. The minimum Gasteiger partial charge on any atom is -0.336 e. The van der Waals surface area contributed by atoms with Gasteiger partial charge in [0.25, 0.3) is 5.91 Å². The molecule has 2 aromatic rings. The Morgan fingerprint density at radius 1 is 1.07 bits per heavy atom. The largest absolute Gasteiger partial charge is 0.336 e. The number of carbonyl (C=O) groups is 1. The SMILES string of the molecule is O=C(c1cnccn1)N1C[C@H]2CC=C(c3ccc(CCN4CCCC4)cc3)[C@H]2C1.